The Labute approximate surface area is 75.1 Å². The van der Waals surface area contributed by atoms with Crippen LogP contribution in [0.25, 0.3) is 0 Å². The fourth-order valence-electron chi connectivity index (χ4n) is 0.985. The number of nitrogens with two attached hydrogens (primary N) is 1. The molecule has 1 aromatic rings. The van der Waals surface area contributed by atoms with Gasteiger partial charge in [0.25, 0.3) is 0 Å². The molecule has 66 valence electrons. The summed E-state index contributed by atoms with van der Waals surface area (Å²) in [5, 5.41) is 7.70. The van der Waals surface area contributed by atoms with Crippen LogP contribution >= 0.6 is 11.6 Å². The number of alkyl halides is 1. The second-order valence-electron chi connectivity index (χ2n) is 3.10. The van der Waals surface area contributed by atoms with Crippen LogP contribution in [0.2, 0.25) is 0 Å². The maximum Gasteiger partial charge on any atom is 0.236 e. The molecule has 0 atom stereocenters. The third-order valence-corrected chi connectivity index (χ3v) is 2.18. The normalized spacial score (nSPS) is 19.5. The van der Waals surface area contributed by atoms with Gasteiger partial charge in [-0.25, -0.2) is 0 Å². The van der Waals surface area contributed by atoms with E-state index in [1.165, 1.54) is 0 Å². The van der Waals surface area contributed by atoms with Crippen molar-refractivity contribution in [2.24, 2.45) is 5.73 Å². The standard InChI is InChI=1S/C7H10ClN3O/c8-4-1-5-10-11-6(12-5)7(9)2-3-7/h1-4,9H2. The molecule has 1 saturated carbocycles. The molecule has 1 aliphatic carbocycles. The van der Waals surface area contributed by atoms with Gasteiger partial charge in [-0.3, -0.25) is 0 Å². The molecule has 0 bridgehead atoms. The Hall–Kier alpha value is -0.610. The van der Waals surface area contributed by atoms with E-state index >= 15 is 0 Å². The highest BCUT2D eigenvalue weighted by Gasteiger charge is 2.45. The Balaban J connectivity index is 2.13. The lowest BCUT2D eigenvalue weighted by atomic mass is 10.3. The van der Waals surface area contributed by atoms with Gasteiger partial charge in [0.2, 0.25) is 11.8 Å². The summed E-state index contributed by atoms with van der Waals surface area (Å²) < 4.78 is 5.32. The summed E-state index contributed by atoms with van der Waals surface area (Å²) in [5.74, 6) is 1.64. The maximum atomic E-state index is 5.85. The van der Waals surface area contributed by atoms with Crippen LogP contribution in [0.15, 0.2) is 4.42 Å². The number of halogens is 1. The molecule has 4 nitrogen and oxygen atoms in total. The Kier molecular flexibility index (Phi) is 1.81. The molecule has 0 spiro atoms. The lowest BCUT2D eigenvalue weighted by molar-refractivity contribution is 0.412. The summed E-state index contributed by atoms with van der Waals surface area (Å²) in [6.07, 6.45) is 2.50. The predicted octanol–water partition coefficient (Wildman–Crippen LogP) is 0.799. The van der Waals surface area contributed by atoms with Crippen molar-refractivity contribution in [3.63, 3.8) is 0 Å². The number of aryl methyl sites for hydroxylation is 1. The lowest BCUT2D eigenvalue weighted by Crippen LogP contribution is -2.18. The van der Waals surface area contributed by atoms with Gasteiger partial charge in [-0.2, -0.15) is 0 Å². The summed E-state index contributed by atoms with van der Waals surface area (Å²) in [6.45, 7) is 0. The quantitative estimate of drug-likeness (QED) is 0.711. The van der Waals surface area contributed by atoms with Gasteiger partial charge < -0.3 is 10.2 Å². The van der Waals surface area contributed by atoms with Gasteiger partial charge in [-0.05, 0) is 12.8 Å². The van der Waals surface area contributed by atoms with Crippen LogP contribution in [-0.4, -0.2) is 16.1 Å². The van der Waals surface area contributed by atoms with Gasteiger partial charge in [0.1, 0.15) is 0 Å². The highest BCUT2D eigenvalue weighted by molar-refractivity contribution is 6.17. The predicted molar refractivity (Wildman–Crippen MR) is 43.8 cm³/mol. The number of aromatic nitrogens is 2. The number of rotatable bonds is 3. The van der Waals surface area contributed by atoms with Crippen molar-refractivity contribution in [2.75, 3.05) is 5.88 Å². The number of hydrogen-bond donors (Lipinski definition) is 1. The average Bonchev–Trinajstić information content (AvgIpc) is 2.64. The van der Waals surface area contributed by atoms with Gasteiger partial charge >= 0.3 is 0 Å². The molecule has 2 N–H and O–H groups in total. The van der Waals surface area contributed by atoms with E-state index in [4.69, 9.17) is 21.8 Å². The number of hydrogen-bond acceptors (Lipinski definition) is 4. The Morgan fingerprint density at radius 2 is 2.25 bits per heavy atom. The van der Waals surface area contributed by atoms with Crippen molar-refractivity contribution in [3.05, 3.63) is 11.8 Å². The Bertz CT molecular complexity index is 282. The van der Waals surface area contributed by atoms with Gasteiger partial charge in [-0.1, -0.05) is 0 Å². The van der Waals surface area contributed by atoms with E-state index in [0.29, 0.717) is 24.1 Å². The molecule has 2 rings (SSSR count). The molecule has 0 saturated heterocycles. The minimum absolute atomic E-state index is 0.322. The van der Waals surface area contributed by atoms with Crippen molar-refractivity contribution in [3.8, 4) is 0 Å². The van der Waals surface area contributed by atoms with Crippen LogP contribution in [0, 0.1) is 0 Å². The molecule has 5 heteroatoms. The molecule has 1 aliphatic rings. The van der Waals surface area contributed by atoms with Crippen LogP contribution in [-0.2, 0) is 12.0 Å². The van der Waals surface area contributed by atoms with E-state index < -0.39 is 0 Å². The second kappa shape index (κ2) is 2.71. The summed E-state index contributed by atoms with van der Waals surface area (Å²) in [7, 11) is 0. The van der Waals surface area contributed by atoms with Gasteiger partial charge in [0.15, 0.2) is 0 Å². The molecule has 1 heterocycles. The molecule has 0 amide bonds. The smallest absolute Gasteiger partial charge is 0.236 e. The number of nitrogens with zero attached hydrogens (tertiary/aromatic N) is 2. The van der Waals surface area contributed by atoms with Gasteiger partial charge in [-0.15, -0.1) is 21.8 Å². The van der Waals surface area contributed by atoms with E-state index in [1.54, 1.807) is 0 Å². The topological polar surface area (TPSA) is 64.9 Å². The van der Waals surface area contributed by atoms with Gasteiger partial charge in [0, 0.05) is 12.3 Å². The fraction of sp³-hybridized carbons (Fsp3) is 0.714. The zero-order valence-corrected chi connectivity index (χ0v) is 7.34. The highest BCUT2D eigenvalue weighted by Crippen LogP contribution is 2.41. The first-order chi connectivity index (χ1) is 5.74. The van der Waals surface area contributed by atoms with Crippen LogP contribution < -0.4 is 5.73 Å². The first-order valence-corrected chi connectivity index (χ1v) is 4.46. The van der Waals surface area contributed by atoms with Crippen molar-refractivity contribution in [1.82, 2.24) is 10.2 Å². The molecule has 1 fully saturated rings. The zero-order chi connectivity index (χ0) is 8.60. The summed E-state index contributed by atoms with van der Waals surface area (Å²) in [4.78, 5) is 0. The summed E-state index contributed by atoms with van der Waals surface area (Å²) in [6, 6.07) is 0. The SMILES string of the molecule is NC1(c2nnc(CCCl)o2)CC1. The van der Waals surface area contributed by atoms with E-state index in [2.05, 4.69) is 10.2 Å². The van der Waals surface area contributed by atoms with E-state index in [0.717, 1.165) is 12.8 Å². The average molecular weight is 188 g/mol. The largest absolute Gasteiger partial charge is 0.423 e. The third kappa shape index (κ3) is 1.32. The third-order valence-electron chi connectivity index (χ3n) is 1.99. The molecule has 0 aromatic carbocycles. The van der Waals surface area contributed by atoms with Crippen LogP contribution in [0.5, 0.6) is 0 Å². The molecule has 1 aromatic heterocycles. The van der Waals surface area contributed by atoms with E-state index in [1.807, 2.05) is 0 Å². The van der Waals surface area contributed by atoms with Crippen molar-refractivity contribution in [1.29, 1.82) is 0 Å². The first-order valence-electron chi connectivity index (χ1n) is 3.92. The highest BCUT2D eigenvalue weighted by atomic mass is 35.5. The maximum absolute atomic E-state index is 5.85. The Morgan fingerprint density at radius 1 is 1.50 bits per heavy atom. The molecular weight excluding hydrogens is 178 g/mol. The van der Waals surface area contributed by atoms with E-state index in [-0.39, 0.29) is 5.54 Å². The molecule has 0 radical (unpaired) electrons. The van der Waals surface area contributed by atoms with Crippen molar-refractivity contribution < 1.29 is 4.42 Å². The van der Waals surface area contributed by atoms with E-state index in [9.17, 15) is 0 Å². The molecule has 12 heavy (non-hydrogen) atoms. The van der Waals surface area contributed by atoms with Crippen molar-refractivity contribution in [2.45, 2.75) is 24.8 Å². The Morgan fingerprint density at radius 3 is 2.83 bits per heavy atom. The molecule has 0 unspecified atom stereocenters. The summed E-state index contributed by atoms with van der Waals surface area (Å²) in [5.41, 5.74) is 5.53. The minimum Gasteiger partial charge on any atom is -0.423 e. The van der Waals surface area contributed by atoms with Crippen molar-refractivity contribution >= 4 is 11.6 Å². The van der Waals surface area contributed by atoms with Crippen LogP contribution in [0.1, 0.15) is 24.6 Å². The molecular formula is C7H10ClN3O. The zero-order valence-electron chi connectivity index (χ0n) is 6.59. The first kappa shape index (κ1) is 8.01. The van der Waals surface area contributed by atoms with Gasteiger partial charge in [0.05, 0.1) is 5.54 Å². The lowest BCUT2D eigenvalue weighted by Gasteiger charge is -1.98. The molecule has 0 aliphatic heterocycles. The monoisotopic (exact) mass is 187 g/mol. The minimum atomic E-state index is -0.322. The summed E-state index contributed by atoms with van der Waals surface area (Å²) >= 11 is 5.52. The second-order valence-corrected chi connectivity index (χ2v) is 3.47. The van der Waals surface area contributed by atoms with Crippen LogP contribution in [0.4, 0.5) is 0 Å². The fourth-order valence-corrected chi connectivity index (χ4v) is 1.15. The van der Waals surface area contributed by atoms with Crippen LogP contribution in [0.3, 0.4) is 0 Å².